The second-order valence-corrected chi connectivity index (χ2v) is 5.67. The SMILES string of the molecule is CCC1CCCN1c1ccc(N)c(OCC(C)C)n1. The molecule has 106 valence electrons. The first-order valence-corrected chi connectivity index (χ1v) is 7.27. The molecule has 1 unspecified atom stereocenters. The molecule has 1 atom stereocenters. The van der Waals surface area contributed by atoms with E-state index in [9.17, 15) is 0 Å². The van der Waals surface area contributed by atoms with Crippen molar-refractivity contribution in [2.45, 2.75) is 46.1 Å². The van der Waals surface area contributed by atoms with Crippen LogP contribution in [0.4, 0.5) is 11.5 Å². The van der Waals surface area contributed by atoms with E-state index in [1.807, 2.05) is 12.1 Å². The minimum atomic E-state index is 0.472. The van der Waals surface area contributed by atoms with Crippen molar-refractivity contribution in [3.63, 3.8) is 0 Å². The topological polar surface area (TPSA) is 51.4 Å². The molecular weight excluding hydrogens is 238 g/mol. The summed E-state index contributed by atoms with van der Waals surface area (Å²) >= 11 is 0. The van der Waals surface area contributed by atoms with E-state index in [1.165, 1.54) is 12.8 Å². The van der Waals surface area contributed by atoms with Crippen molar-refractivity contribution in [1.82, 2.24) is 4.98 Å². The lowest BCUT2D eigenvalue weighted by atomic mass is 10.2. The summed E-state index contributed by atoms with van der Waals surface area (Å²) in [5, 5.41) is 0. The van der Waals surface area contributed by atoms with Crippen LogP contribution in [0.5, 0.6) is 5.88 Å². The Morgan fingerprint density at radius 3 is 2.95 bits per heavy atom. The maximum atomic E-state index is 5.94. The van der Waals surface area contributed by atoms with Gasteiger partial charge in [-0.3, -0.25) is 0 Å². The van der Waals surface area contributed by atoms with Crippen LogP contribution in [0.1, 0.15) is 40.0 Å². The Labute approximate surface area is 116 Å². The van der Waals surface area contributed by atoms with Gasteiger partial charge in [-0.15, -0.1) is 0 Å². The average molecular weight is 263 g/mol. The molecule has 1 fully saturated rings. The maximum absolute atomic E-state index is 5.94. The van der Waals surface area contributed by atoms with Crippen molar-refractivity contribution in [3.05, 3.63) is 12.1 Å². The quantitative estimate of drug-likeness (QED) is 0.887. The Balaban J connectivity index is 2.15. The molecule has 1 aliphatic heterocycles. The molecule has 4 nitrogen and oxygen atoms in total. The van der Waals surface area contributed by atoms with Crippen LogP contribution in [0, 0.1) is 5.92 Å². The van der Waals surface area contributed by atoms with Gasteiger partial charge in [-0.25, -0.2) is 0 Å². The third-order valence-corrected chi connectivity index (χ3v) is 3.57. The molecule has 2 heterocycles. The molecule has 1 saturated heterocycles. The summed E-state index contributed by atoms with van der Waals surface area (Å²) in [6, 6.07) is 4.52. The molecule has 2 rings (SSSR count). The van der Waals surface area contributed by atoms with E-state index >= 15 is 0 Å². The van der Waals surface area contributed by atoms with Gasteiger partial charge in [-0.05, 0) is 37.3 Å². The number of ether oxygens (including phenoxy) is 1. The number of rotatable bonds is 5. The predicted molar refractivity (Wildman–Crippen MR) is 79.6 cm³/mol. The monoisotopic (exact) mass is 263 g/mol. The number of nitrogen functional groups attached to an aromatic ring is 1. The summed E-state index contributed by atoms with van der Waals surface area (Å²) in [5.41, 5.74) is 6.56. The van der Waals surface area contributed by atoms with Crippen LogP contribution < -0.4 is 15.4 Å². The molecular formula is C15H25N3O. The molecule has 0 amide bonds. The molecule has 0 aromatic carbocycles. The zero-order valence-corrected chi connectivity index (χ0v) is 12.2. The van der Waals surface area contributed by atoms with Gasteiger partial charge in [0.25, 0.3) is 0 Å². The van der Waals surface area contributed by atoms with Crippen LogP contribution >= 0.6 is 0 Å². The summed E-state index contributed by atoms with van der Waals surface area (Å²) in [4.78, 5) is 6.98. The van der Waals surface area contributed by atoms with Crippen molar-refractivity contribution in [2.24, 2.45) is 5.92 Å². The Kier molecular flexibility index (Phi) is 4.51. The number of pyridine rings is 1. The smallest absolute Gasteiger partial charge is 0.239 e. The first-order valence-electron chi connectivity index (χ1n) is 7.27. The van der Waals surface area contributed by atoms with Gasteiger partial charge in [-0.1, -0.05) is 20.8 Å². The molecule has 4 heteroatoms. The molecule has 2 N–H and O–H groups in total. The second-order valence-electron chi connectivity index (χ2n) is 5.67. The number of aromatic nitrogens is 1. The lowest BCUT2D eigenvalue weighted by Gasteiger charge is -2.25. The Morgan fingerprint density at radius 2 is 2.26 bits per heavy atom. The molecule has 1 aliphatic rings. The molecule has 1 aromatic heterocycles. The highest BCUT2D eigenvalue weighted by Gasteiger charge is 2.24. The number of anilines is 2. The van der Waals surface area contributed by atoms with Crippen molar-refractivity contribution < 1.29 is 4.74 Å². The van der Waals surface area contributed by atoms with Gasteiger partial charge in [0, 0.05) is 12.6 Å². The zero-order chi connectivity index (χ0) is 13.8. The molecule has 0 aliphatic carbocycles. The molecule has 0 bridgehead atoms. The third kappa shape index (κ3) is 3.31. The standard InChI is InChI=1S/C15H25N3O/c1-4-12-6-5-9-18(12)14-8-7-13(16)15(17-14)19-10-11(2)3/h7-8,11-12H,4-6,9-10,16H2,1-3H3. The summed E-state index contributed by atoms with van der Waals surface area (Å²) in [6.45, 7) is 8.20. The van der Waals surface area contributed by atoms with E-state index < -0.39 is 0 Å². The lowest BCUT2D eigenvalue weighted by molar-refractivity contribution is 0.263. The first kappa shape index (κ1) is 14.0. The highest BCUT2D eigenvalue weighted by molar-refractivity contribution is 5.55. The predicted octanol–water partition coefficient (Wildman–Crippen LogP) is 3.08. The van der Waals surface area contributed by atoms with Gasteiger partial charge in [-0.2, -0.15) is 4.98 Å². The Bertz CT molecular complexity index is 420. The van der Waals surface area contributed by atoms with Crippen molar-refractivity contribution in [3.8, 4) is 5.88 Å². The zero-order valence-electron chi connectivity index (χ0n) is 12.2. The van der Waals surface area contributed by atoms with E-state index in [0.717, 1.165) is 18.8 Å². The summed E-state index contributed by atoms with van der Waals surface area (Å²) in [5.74, 6) is 2.05. The van der Waals surface area contributed by atoms with Gasteiger partial charge >= 0.3 is 0 Å². The number of hydrogen-bond donors (Lipinski definition) is 1. The fourth-order valence-corrected chi connectivity index (χ4v) is 2.52. The van der Waals surface area contributed by atoms with Crippen LogP contribution in [0.3, 0.4) is 0 Å². The molecule has 0 radical (unpaired) electrons. The Morgan fingerprint density at radius 1 is 1.47 bits per heavy atom. The van der Waals surface area contributed by atoms with E-state index in [4.69, 9.17) is 10.5 Å². The van der Waals surface area contributed by atoms with Gasteiger partial charge in [0.2, 0.25) is 5.88 Å². The highest BCUT2D eigenvalue weighted by Crippen LogP contribution is 2.29. The van der Waals surface area contributed by atoms with Gasteiger partial charge in [0.15, 0.2) is 0 Å². The van der Waals surface area contributed by atoms with E-state index in [-0.39, 0.29) is 0 Å². The molecule has 0 saturated carbocycles. The molecule has 0 spiro atoms. The summed E-state index contributed by atoms with van der Waals surface area (Å²) in [6.07, 6.45) is 3.66. The summed E-state index contributed by atoms with van der Waals surface area (Å²) < 4.78 is 5.70. The van der Waals surface area contributed by atoms with Crippen LogP contribution in [-0.2, 0) is 0 Å². The van der Waals surface area contributed by atoms with Gasteiger partial charge in [0.1, 0.15) is 5.82 Å². The van der Waals surface area contributed by atoms with E-state index in [0.29, 0.717) is 30.1 Å². The number of hydrogen-bond acceptors (Lipinski definition) is 4. The van der Waals surface area contributed by atoms with Crippen molar-refractivity contribution in [1.29, 1.82) is 0 Å². The third-order valence-electron chi connectivity index (χ3n) is 3.57. The van der Waals surface area contributed by atoms with Crippen molar-refractivity contribution in [2.75, 3.05) is 23.8 Å². The lowest BCUT2D eigenvalue weighted by Crippen LogP contribution is -2.29. The van der Waals surface area contributed by atoms with Crippen molar-refractivity contribution >= 4 is 11.5 Å². The van der Waals surface area contributed by atoms with Crippen LogP contribution in [0.15, 0.2) is 12.1 Å². The van der Waals surface area contributed by atoms with Gasteiger partial charge < -0.3 is 15.4 Å². The number of nitrogens with zero attached hydrogens (tertiary/aromatic N) is 2. The maximum Gasteiger partial charge on any atom is 0.239 e. The summed E-state index contributed by atoms with van der Waals surface area (Å²) in [7, 11) is 0. The fourth-order valence-electron chi connectivity index (χ4n) is 2.52. The van der Waals surface area contributed by atoms with E-state index in [1.54, 1.807) is 0 Å². The highest BCUT2D eigenvalue weighted by atomic mass is 16.5. The minimum Gasteiger partial charge on any atom is -0.476 e. The van der Waals surface area contributed by atoms with Gasteiger partial charge in [0.05, 0.1) is 12.3 Å². The first-order chi connectivity index (χ1) is 9.11. The molecule has 19 heavy (non-hydrogen) atoms. The second kappa shape index (κ2) is 6.13. The van der Waals surface area contributed by atoms with E-state index in [2.05, 4.69) is 30.7 Å². The van der Waals surface area contributed by atoms with Crippen LogP contribution in [-0.4, -0.2) is 24.2 Å². The molecule has 1 aromatic rings. The Hall–Kier alpha value is -1.45. The largest absolute Gasteiger partial charge is 0.476 e. The normalized spacial score (nSPS) is 19.2. The number of nitrogens with two attached hydrogens (primary N) is 1. The fraction of sp³-hybridized carbons (Fsp3) is 0.667. The van der Waals surface area contributed by atoms with Crippen LogP contribution in [0.25, 0.3) is 0 Å². The minimum absolute atomic E-state index is 0.472. The van der Waals surface area contributed by atoms with Crippen LogP contribution in [0.2, 0.25) is 0 Å². The average Bonchev–Trinajstić information content (AvgIpc) is 2.86.